The molecule has 0 aromatic heterocycles. The average molecular weight is 1030 g/mol. The highest BCUT2D eigenvalue weighted by molar-refractivity contribution is 5.99. The van der Waals surface area contributed by atoms with Crippen LogP contribution >= 0.6 is 0 Å². The van der Waals surface area contributed by atoms with Crippen LogP contribution in [-0.4, -0.2) is 73.2 Å². The molecule has 0 aliphatic carbocycles. The van der Waals surface area contributed by atoms with Gasteiger partial charge in [-0.25, -0.2) is 0 Å². The first-order valence-corrected chi connectivity index (χ1v) is 26.3. The molecule has 12 N–H and O–H groups in total. The fraction of sp³-hybridized carbons (Fsp3) is 0.311. The number of nitrogens with two attached hydrogens (primary N) is 3. The highest BCUT2D eigenvalue weighted by Crippen LogP contribution is 2.34. The summed E-state index contributed by atoms with van der Waals surface area (Å²) in [5.41, 5.74) is 24.1. The van der Waals surface area contributed by atoms with Crippen molar-refractivity contribution >= 4 is 52.5 Å². The fourth-order valence-electron chi connectivity index (χ4n) is 8.91. The van der Waals surface area contributed by atoms with Crippen molar-refractivity contribution in [3.8, 4) is 0 Å². The summed E-state index contributed by atoms with van der Waals surface area (Å²) < 4.78 is 0. The Morgan fingerprint density at radius 1 is 0.329 bits per heavy atom. The van der Waals surface area contributed by atoms with Crippen molar-refractivity contribution in [2.45, 2.75) is 101 Å². The highest BCUT2D eigenvalue weighted by Gasteiger charge is 2.25. The third-order valence-corrected chi connectivity index (χ3v) is 13.0. The molecule has 0 saturated heterocycles. The monoisotopic (exact) mass is 1030 g/mol. The second-order valence-corrected chi connectivity index (χ2v) is 19.0. The van der Waals surface area contributed by atoms with E-state index in [1.807, 2.05) is 164 Å². The smallest absolute Gasteiger partial charge is 0.246 e. The van der Waals surface area contributed by atoms with Crippen LogP contribution in [-0.2, 0) is 48.0 Å². The number of hydrogen-bond acceptors (Lipinski definition) is 9. The predicted octanol–water partition coefficient (Wildman–Crippen LogP) is 7.25. The van der Waals surface area contributed by atoms with E-state index in [0.717, 1.165) is 33.4 Å². The molecule has 6 rings (SSSR count). The van der Waals surface area contributed by atoms with Crippen molar-refractivity contribution in [3.05, 3.63) is 197 Å². The Hall–Kier alpha value is -7.98. The number of amides is 6. The van der Waals surface area contributed by atoms with E-state index >= 15 is 0 Å². The SMILES string of the molecule is NCCCC[C@H](NC(=O)Cc1ccccc1)C(=O)Nc1ccc(C(c2ccc(NC(=O)[C@@H](CCCCN)NC(=O)Cc3ccccc3)cc2)c2ccc(NC(=O)[C@@H](CCCCN)NC(=O)Cc3ccccc3)cc2)cc1. The van der Waals surface area contributed by atoms with Gasteiger partial charge < -0.3 is 49.1 Å². The van der Waals surface area contributed by atoms with E-state index in [2.05, 4.69) is 31.9 Å². The minimum atomic E-state index is -0.772. The van der Waals surface area contributed by atoms with Gasteiger partial charge in [0.15, 0.2) is 0 Å². The summed E-state index contributed by atoms with van der Waals surface area (Å²) in [7, 11) is 0. The quantitative estimate of drug-likeness (QED) is 0.0163. The van der Waals surface area contributed by atoms with Gasteiger partial charge in [-0.1, -0.05) is 127 Å². The van der Waals surface area contributed by atoms with Gasteiger partial charge in [-0.15, -0.1) is 0 Å². The largest absolute Gasteiger partial charge is 0.344 e. The molecule has 6 aromatic carbocycles. The molecule has 6 amide bonds. The molecule has 0 fully saturated rings. The number of benzene rings is 6. The summed E-state index contributed by atoms with van der Waals surface area (Å²) in [4.78, 5) is 80.6. The molecule has 0 aliphatic rings. The number of nitrogens with one attached hydrogen (secondary N) is 6. The zero-order valence-electron chi connectivity index (χ0n) is 43.2. The lowest BCUT2D eigenvalue weighted by Crippen LogP contribution is -2.44. The van der Waals surface area contributed by atoms with Crippen LogP contribution in [0.4, 0.5) is 17.1 Å². The van der Waals surface area contributed by atoms with Gasteiger partial charge in [0.1, 0.15) is 18.1 Å². The molecule has 76 heavy (non-hydrogen) atoms. The second-order valence-electron chi connectivity index (χ2n) is 19.0. The van der Waals surface area contributed by atoms with Crippen LogP contribution in [0.25, 0.3) is 0 Å². The van der Waals surface area contributed by atoms with Crippen LogP contribution < -0.4 is 49.1 Å². The summed E-state index contributed by atoms with van der Waals surface area (Å²) in [5, 5.41) is 17.8. The maximum Gasteiger partial charge on any atom is 0.246 e. The molecule has 0 bridgehead atoms. The summed E-state index contributed by atoms with van der Waals surface area (Å²) in [5.74, 6) is -2.14. The lowest BCUT2D eigenvalue weighted by molar-refractivity contribution is -0.126. The highest BCUT2D eigenvalue weighted by atomic mass is 16.2. The number of unbranched alkanes of at least 4 members (excludes halogenated alkanes) is 3. The van der Waals surface area contributed by atoms with Crippen molar-refractivity contribution in [2.75, 3.05) is 35.6 Å². The third-order valence-electron chi connectivity index (χ3n) is 13.0. The van der Waals surface area contributed by atoms with E-state index < -0.39 is 18.1 Å². The van der Waals surface area contributed by atoms with Gasteiger partial charge in [-0.3, -0.25) is 28.8 Å². The molecule has 0 spiro atoms. The number of carbonyl (C=O) groups excluding carboxylic acids is 6. The molecule has 0 aliphatic heterocycles. The Balaban J connectivity index is 1.22. The normalized spacial score (nSPS) is 12.2. The van der Waals surface area contributed by atoms with E-state index in [1.165, 1.54) is 0 Å². The maximum atomic E-state index is 13.8. The van der Waals surface area contributed by atoms with Gasteiger partial charge in [-0.2, -0.15) is 0 Å². The van der Waals surface area contributed by atoms with E-state index in [9.17, 15) is 28.8 Å². The molecular formula is C61H73N9O6. The van der Waals surface area contributed by atoms with Crippen molar-refractivity contribution < 1.29 is 28.8 Å². The van der Waals surface area contributed by atoms with Gasteiger partial charge in [-0.05, 0) is 147 Å². The van der Waals surface area contributed by atoms with E-state index in [4.69, 9.17) is 17.2 Å². The first kappa shape index (κ1) is 57.3. The Morgan fingerprint density at radius 3 is 0.816 bits per heavy atom. The molecule has 6 aromatic rings. The molecule has 398 valence electrons. The molecule has 0 saturated carbocycles. The zero-order chi connectivity index (χ0) is 53.9. The van der Waals surface area contributed by atoms with E-state index in [-0.39, 0.29) is 60.6 Å². The van der Waals surface area contributed by atoms with Crippen molar-refractivity contribution in [3.63, 3.8) is 0 Å². The summed E-state index contributed by atoms with van der Waals surface area (Å²) in [6, 6.07) is 48.2. The average Bonchev–Trinajstić information content (AvgIpc) is 3.42. The molecule has 0 heterocycles. The van der Waals surface area contributed by atoms with Crippen LogP contribution in [0.5, 0.6) is 0 Å². The van der Waals surface area contributed by atoms with E-state index in [1.54, 1.807) is 0 Å². The van der Waals surface area contributed by atoms with E-state index in [0.29, 0.717) is 94.5 Å². The zero-order valence-corrected chi connectivity index (χ0v) is 43.2. The first-order valence-electron chi connectivity index (χ1n) is 26.3. The van der Waals surface area contributed by atoms with Crippen LogP contribution in [0.3, 0.4) is 0 Å². The molecule has 15 heteroatoms. The van der Waals surface area contributed by atoms with Gasteiger partial charge in [0.25, 0.3) is 0 Å². The lowest BCUT2D eigenvalue weighted by Gasteiger charge is -2.22. The van der Waals surface area contributed by atoms with Crippen molar-refractivity contribution in [2.24, 2.45) is 17.2 Å². The number of carbonyl (C=O) groups is 6. The minimum Gasteiger partial charge on any atom is -0.344 e. The molecule has 0 radical (unpaired) electrons. The Bertz CT molecular complexity index is 2440. The molecular weight excluding hydrogens is 955 g/mol. The predicted molar refractivity (Wildman–Crippen MR) is 301 cm³/mol. The Kier molecular flexibility index (Phi) is 23.4. The Morgan fingerprint density at radius 2 is 0.579 bits per heavy atom. The van der Waals surface area contributed by atoms with Crippen LogP contribution in [0.2, 0.25) is 0 Å². The number of rotatable bonds is 30. The van der Waals surface area contributed by atoms with Gasteiger partial charge in [0.05, 0.1) is 19.3 Å². The fourth-order valence-corrected chi connectivity index (χ4v) is 8.91. The van der Waals surface area contributed by atoms with Crippen LogP contribution in [0, 0.1) is 0 Å². The topological polar surface area (TPSA) is 253 Å². The van der Waals surface area contributed by atoms with Crippen molar-refractivity contribution in [1.82, 2.24) is 16.0 Å². The number of hydrogen-bond donors (Lipinski definition) is 9. The summed E-state index contributed by atoms with van der Waals surface area (Å²) in [6.45, 7) is 1.42. The standard InChI is InChI=1S/C61H73N9O6/c62-37-13-10-22-52(68-55(71)40-43-16-4-1-5-17-43)59(74)65-49-31-25-46(26-32-49)58(47-27-33-50(34-28-47)66-60(75)53(23-11-14-38-63)69-56(72)41-44-18-6-2-7-19-44)48-29-35-51(36-30-48)67-61(76)54(24-12-15-39-64)70-57(73)42-45-20-8-3-9-21-45/h1-9,16-21,25-36,52-54,58H,10-15,22-24,37-42,62-64H2,(H,65,74)(H,66,75)(H,67,76)(H,68,71)(H,69,72)(H,70,73)/t52-,53-,54+/m1/s1. The van der Waals surface area contributed by atoms with Crippen LogP contribution in [0.1, 0.15) is 97.1 Å². The lowest BCUT2D eigenvalue weighted by atomic mass is 9.85. The van der Waals surface area contributed by atoms with Gasteiger partial charge in [0, 0.05) is 23.0 Å². The number of anilines is 3. The maximum absolute atomic E-state index is 13.8. The third kappa shape index (κ3) is 19.1. The Labute approximate surface area is 446 Å². The molecule has 3 atom stereocenters. The summed E-state index contributed by atoms with van der Waals surface area (Å²) >= 11 is 0. The summed E-state index contributed by atoms with van der Waals surface area (Å²) in [6.07, 6.45) is 5.81. The van der Waals surface area contributed by atoms with Crippen LogP contribution in [0.15, 0.2) is 164 Å². The minimum absolute atomic E-state index is 0.143. The molecule has 0 unspecified atom stereocenters. The van der Waals surface area contributed by atoms with Gasteiger partial charge >= 0.3 is 0 Å². The van der Waals surface area contributed by atoms with Gasteiger partial charge in [0.2, 0.25) is 35.4 Å². The second kappa shape index (κ2) is 31.0. The first-order chi connectivity index (χ1) is 37.0. The van der Waals surface area contributed by atoms with Crippen molar-refractivity contribution in [1.29, 1.82) is 0 Å². The molecule has 15 nitrogen and oxygen atoms in total.